The summed E-state index contributed by atoms with van der Waals surface area (Å²) in [5.41, 5.74) is 4.95. The van der Waals surface area contributed by atoms with Gasteiger partial charge in [0.2, 0.25) is 0 Å². The highest BCUT2D eigenvalue weighted by molar-refractivity contribution is 5.95. The fraction of sp³-hybridized carbons (Fsp3) is 0.318. The molecule has 6 rings (SSSR count). The summed E-state index contributed by atoms with van der Waals surface area (Å²) in [5.74, 6) is 1.22. The van der Waals surface area contributed by atoms with Crippen molar-refractivity contribution in [2.45, 2.75) is 37.1 Å². The van der Waals surface area contributed by atoms with Gasteiger partial charge in [-0.2, -0.15) is 5.10 Å². The summed E-state index contributed by atoms with van der Waals surface area (Å²) < 4.78 is 1.98. The lowest BCUT2D eigenvalue weighted by molar-refractivity contribution is 0.0924. The number of rotatable bonds is 4. The number of aromatic nitrogens is 3. The van der Waals surface area contributed by atoms with Crippen LogP contribution in [0.25, 0.3) is 5.69 Å². The topological polar surface area (TPSA) is 59.8 Å². The summed E-state index contributed by atoms with van der Waals surface area (Å²) >= 11 is 0. The molecule has 1 aromatic carbocycles. The molecule has 27 heavy (non-hydrogen) atoms. The Hall–Kier alpha value is -2.95. The van der Waals surface area contributed by atoms with Crippen molar-refractivity contribution in [3.05, 3.63) is 77.4 Å². The first kappa shape index (κ1) is 15.1. The maximum atomic E-state index is 13.2. The summed E-state index contributed by atoms with van der Waals surface area (Å²) in [6, 6.07) is 14.2. The molecule has 0 aliphatic heterocycles. The second-order valence-corrected chi connectivity index (χ2v) is 8.04. The number of carbonyl (C=O) groups excluding carboxylic acids is 1. The fourth-order valence-corrected chi connectivity index (χ4v) is 4.62. The lowest BCUT2D eigenvalue weighted by atomic mass is 10.0. The molecular weight excluding hydrogens is 336 g/mol. The van der Waals surface area contributed by atoms with E-state index in [1.165, 1.54) is 17.7 Å². The summed E-state index contributed by atoms with van der Waals surface area (Å²) in [4.78, 5) is 17.3. The Labute approximate surface area is 157 Å². The largest absolute Gasteiger partial charge is 0.341 e. The van der Waals surface area contributed by atoms with Crippen LogP contribution in [0.5, 0.6) is 0 Å². The quantitative estimate of drug-likeness (QED) is 0.780. The van der Waals surface area contributed by atoms with Crippen LogP contribution in [-0.4, -0.2) is 20.7 Å². The molecule has 1 amide bonds. The van der Waals surface area contributed by atoms with Crippen LogP contribution in [0, 0.1) is 5.92 Å². The van der Waals surface area contributed by atoms with Gasteiger partial charge in [-0.3, -0.25) is 9.78 Å². The number of fused-ring (bicyclic) bond motifs is 3. The maximum Gasteiger partial charge on any atom is 0.272 e. The number of hydrogen-bond acceptors (Lipinski definition) is 3. The minimum absolute atomic E-state index is 0.0401. The zero-order valence-electron chi connectivity index (χ0n) is 14.9. The van der Waals surface area contributed by atoms with Gasteiger partial charge in [0, 0.05) is 23.9 Å². The molecule has 0 spiro atoms. The molecule has 0 unspecified atom stereocenters. The van der Waals surface area contributed by atoms with Crippen LogP contribution in [0.3, 0.4) is 0 Å². The van der Waals surface area contributed by atoms with E-state index in [-0.39, 0.29) is 11.4 Å². The Morgan fingerprint density at radius 2 is 1.89 bits per heavy atom. The van der Waals surface area contributed by atoms with Gasteiger partial charge < -0.3 is 5.32 Å². The Bertz CT molecular complexity index is 1040. The Balaban J connectivity index is 1.37. The van der Waals surface area contributed by atoms with Gasteiger partial charge in [-0.1, -0.05) is 30.3 Å². The van der Waals surface area contributed by atoms with Crippen LogP contribution in [0.1, 0.15) is 52.5 Å². The van der Waals surface area contributed by atoms with Crippen molar-refractivity contribution in [3.63, 3.8) is 0 Å². The van der Waals surface area contributed by atoms with Gasteiger partial charge in [-0.05, 0) is 49.3 Å². The van der Waals surface area contributed by atoms with Crippen molar-refractivity contribution >= 4 is 5.91 Å². The van der Waals surface area contributed by atoms with Gasteiger partial charge in [0.25, 0.3) is 5.91 Å². The van der Waals surface area contributed by atoms with Crippen molar-refractivity contribution < 1.29 is 4.79 Å². The average molecular weight is 356 g/mol. The minimum Gasteiger partial charge on any atom is -0.341 e. The molecule has 3 aliphatic carbocycles. The van der Waals surface area contributed by atoms with Crippen LogP contribution in [0.2, 0.25) is 0 Å². The zero-order chi connectivity index (χ0) is 18.0. The molecule has 2 aromatic heterocycles. The van der Waals surface area contributed by atoms with Gasteiger partial charge in [0.15, 0.2) is 5.69 Å². The highest BCUT2D eigenvalue weighted by Crippen LogP contribution is 2.57. The SMILES string of the molecule is O=C(NC1(c2ccccc2)CC1)c1nn(-c2ccncc2)c2c1C[C@H]1C[C@@H]21. The van der Waals surface area contributed by atoms with Crippen molar-refractivity contribution in [1.82, 2.24) is 20.1 Å². The van der Waals surface area contributed by atoms with Crippen LogP contribution in [-0.2, 0) is 12.0 Å². The lowest BCUT2D eigenvalue weighted by Gasteiger charge is -2.17. The van der Waals surface area contributed by atoms with Crippen LogP contribution in [0.15, 0.2) is 54.9 Å². The normalized spacial score (nSPS) is 23.4. The van der Waals surface area contributed by atoms with Gasteiger partial charge in [-0.25, -0.2) is 4.68 Å². The van der Waals surface area contributed by atoms with Gasteiger partial charge in [-0.15, -0.1) is 0 Å². The van der Waals surface area contributed by atoms with Crippen molar-refractivity contribution in [2.75, 3.05) is 0 Å². The molecular formula is C22H20N4O. The molecule has 2 atom stereocenters. The van der Waals surface area contributed by atoms with Crippen molar-refractivity contribution in [1.29, 1.82) is 0 Å². The third kappa shape index (κ3) is 2.27. The van der Waals surface area contributed by atoms with E-state index in [0.717, 1.165) is 30.5 Å². The molecule has 1 N–H and O–H groups in total. The molecule has 2 saturated carbocycles. The predicted molar refractivity (Wildman–Crippen MR) is 101 cm³/mol. The third-order valence-electron chi connectivity index (χ3n) is 6.31. The van der Waals surface area contributed by atoms with Crippen LogP contribution < -0.4 is 5.32 Å². The Morgan fingerprint density at radius 3 is 2.63 bits per heavy atom. The molecule has 5 heteroatoms. The number of pyridine rings is 1. The van der Waals surface area contributed by atoms with E-state index in [1.807, 2.05) is 35.0 Å². The molecule has 2 heterocycles. The number of nitrogens with one attached hydrogen (secondary N) is 1. The Morgan fingerprint density at radius 1 is 1.11 bits per heavy atom. The van der Waals surface area contributed by atoms with Crippen molar-refractivity contribution in [2.24, 2.45) is 5.92 Å². The van der Waals surface area contributed by atoms with E-state index in [0.29, 0.717) is 17.5 Å². The predicted octanol–water partition coefficient (Wildman–Crippen LogP) is 3.35. The van der Waals surface area contributed by atoms with E-state index in [4.69, 9.17) is 5.10 Å². The summed E-state index contributed by atoms with van der Waals surface area (Å²) in [5, 5.41) is 8.06. The number of hydrogen-bond donors (Lipinski definition) is 1. The second-order valence-electron chi connectivity index (χ2n) is 8.04. The highest BCUT2D eigenvalue weighted by Gasteiger charge is 2.51. The average Bonchev–Trinajstić information content (AvgIpc) is 3.59. The smallest absolute Gasteiger partial charge is 0.272 e. The van der Waals surface area contributed by atoms with Crippen molar-refractivity contribution in [3.8, 4) is 5.69 Å². The molecule has 2 fully saturated rings. The highest BCUT2D eigenvalue weighted by atomic mass is 16.2. The lowest BCUT2D eigenvalue weighted by Crippen LogP contribution is -2.35. The second kappa shape index (κ2) is 5.28. The molecule has 0 bridgehead atoms. The monoisotopic (exact) mass is 356 g/mol. The minimum atomic E-state index is -0.215. The first-order valence-corrected chi connectivity index (χ1v) is 9.65. The first-order valence-electron chi connectivity index (χ1n) is 9.65. The summed E-state index contributed by atoms with van der Waals surface area (Å²) in [6.07, 6.45) is 7.72. The molecule has 134 valence electrons. The number of nitrogens with zero attached hydrogens (tertiary/aromatic N) is 3. The molecule has 3 aliphatic rings. The summed E-state index contributed by atoms with van der Waals surface area (Å²) in [6.45, 7) is 0. The fourth-order valence-electron chi connectivity index (χ4n) is 4.62. The van der Waals surface area contributed by atoms with E-state index in [1.54, 1.807) is 12.4 Å². The van der Waals surface area contributed by atoms with E-state index in [9.17, 15) is 4.79 Å². The standard InChI is InChI=1S/C22H20N4O/c27-21(24-22(8-9-22)15-4-2-1-3-5-15)19-18-13-14-12-17(14)20(18)26(25-19)16-6-10-23-11-7-16/h1-7,10-11,14,17H,8-9,12-13H2,(H,24,27)/t14-,17-/m1/s1. The molecule has 5 nitrogen and oxygen atoms in total. The molecule has 0 radical (unpaired) electrons. The van der Waals surface area contributed by atoms with E-state index in [2.05, 4.69) is 22.4 Å². The first-order chi connectivity index (χ1) is 13.3. The van der Waals surface area contributed by atoms with E-state index >= 15 is 0 Å². The number of carbonyl (C=O) groups is 1. The number of benzene rings is 1. The van der Waals surface area contributed by atoms with E-state index < -0.39 is 0 Å². The maximum absolute atomic E-state index is 13.2. The van der Waals surface area contributed by atoms with Crippen LogP contribution in [0.4, 0.5) is 0 Å². The molecule has 3 aromatic rings. The number of amides is 1. The summed E-state index contributed by atoms with van der Waals surface area (Å²) in [7, 11) is 0. The third-order valence-corrected chi connectivity index (χ3v) is 6.31. The molecule has 0 saturated heterocycles. The zero-order valence-corrected chi connectivity index (χ0v) is 14.9. The van der Waals surface area contributed by atoms with Gasteiger partial charge >= 0.3 is 0 Å². The van der Waals surface area contributed by atoms with Gasteiger partial charge in [0.05, 0.1) is 16.9 Å². The Kier molecular flexibility index (Phi) is 2.96. The van der Waals surface area contributed by atoms with Gasteiger partial charge in [0.1, 0.15) is 0 Å². The van der Waals surface area contributed by atoms with Crippen LogP contribution >= 0.6 is 0 Å².